The Morgan fingerprint density at radius 1 is 0.871 bits per heavy atom. The van der Waals surface area contributed by atoms with Crippen LogP contribution < -0.4 is 4.90 Å². The molecule has 0 aromatic heterocycles. The highest BCUT2D eigenvalue weighted by Crippen LogP contribution is 2.42. The molecule has 31 heavy (non-hydrogen) atoms. The summed E-state index contributed by atoms with van der Waals surface area (Å²) >= 11 is 0. The number of nitrogens with zero attached hydrogens (tertiary/aromatic N) is 1. The van der Waals surface area contributed by atoms with Crippen molar-refractivity contribution in [1.29, 1.82) is 0 Å². The summed E-state index contributed by atoms with van der Waals surface area (Å²) in [5.74, 6) is -1.58. The van der Waals surface area contributed by atoms with Gasteiger partial charge in [-0.05, 0) is 73.4 Å². The van der Waals surface area contributed by atoms with Crippen LogP contribution in [0.1, 0.15) is 33.9 Å². The maximum atomic E-state index is 13.1. The number of aromatic hydroxyl groups is 1. The smallest absolute Gasteiger partial charge is 0.300 e. The van der Waals surface area contributed by atoms with Crippen molar-refractivity contribution < 1.29 is 19.8 Å². The van der Waals surface area contributed by atoms with Crippen molar-refractivity contribution in [3.05, 3.63) is 100 Å². The lowest BCUT2D eigenvalue weighted by Crippen LogP contribution is -2.29. The minimum atomic E-state index is -0.816. The fourth-order valence-electron chi connectivity index (χ4n) is 3.89. The number of phenols is 1. The lowest BCUT2D eigenvalue weighted by atomic mass is 9.94. The molecule has 5 heteroatoms. The third kappa shape index (κ3) is 3.59. The average molecular weight is 413 g/mol. The first-order chi connectivity index (χ1) is 14.8. The Bertz CT molecular complexity index is 1220. The Labute approximate surface area is 180 Å². The molecular weight excluding hydrogens is 390 g/mol. The number of ketones is 1. The number of carbonyl (C=O) groups is 2. The van der Waals surface area contributed by atoms with Gasteiger partial charge in [0.1, 0.15) is 11.5 Å². The van der Waals surface area contributed by atoms with Crippen LogP contribution in [0.3, 0.4) is 0 Å². The number of amides is 1. The zero-order valence-electron chi connectivity index (χ0n) is 17.6. The first-order valence-corrected chi connectivity index (χ1v) is 10.0. The van der Waals surface area contributed by atoms with Crippen LogP contribution >= 0.6 is 0 Å². The molecule has 3 aromatic carbocycles. The highest BCUT2D eigenvalue weighted by Gasteiger charge is 2.47. The van der Waals surface area contributed by atoms with Crippen molar-refractivity contribution in [1.82, 2.24) is 0 Å². The van der Waals surface area contributed by atoms with Crippen LogP contribution in [-0.2, 0) is 9.59 Å². The number of anilines is 1. The van der Waals surface area contributed by atoms with Gasteiger partial charge in [0.15, 0.2) is 0 Å². The molecule has 3 aromatic rings. The monoisotopic (exact) mass is 413 g/mol. The number of Topliss-reactive ketones (excluding diaryl/α,β-unsaturated/α-hetero) is 1. The molecule has 1 saturated heterocycles. The average Bonchev–Trinajstić information content (AvgIpc) is 3.01. The molecule has 1 aliphatic rings. The second-order valence-electron chi connectivity index (χ2n) is 7.90. The summed E-state index contributed by atoms with van der Waals surface area (Å²) in [4.78, 5) is 27.7. The van der Waals surface area contributed by atoms with Crippen LogP contribution in [0.5, 0.6) is 5.75 Å². The van der Waals surface area contributed by atoms with E-state index >= 15 is 0 Å². The fraction of sp³-hybridized carbons (Fsp3) is 0.154. The molecule has 0 saturated carbocycles. The van der Waals surface area contributed by atoms with Gasteiger partial charge in [0.25, 0.3) is 11.7 Å². The Balaban J connectivity index is 1.96. The Hall–Kier alpha value is -3.86. The van der Waals surface area contributed by atoms with Crippen molar-refractivity contribution >= 4 is 23.1 Å². The van der Waals surface area contributed by atoms with E-state index in [2.05, 4.69) is 0 Å². The van der Waals surface area contributed by atoms with Crippen LogP contribution in [0.15, 0.2) is 72.3 Å². The lowest BCUT2D eigenvalue weighted by molar-refractivity contribution is -0.132. The van der Waals surface area contributed by atoms with Gasteiger partial charge in [-0.3, -0.25) is 14.5 Å². The van der Waals surface area contributed by atoms with Gasteiger partial charge in [0.2, 0.25) is 0 Å². The molecule has 1 atom stereocenters. The third-order valence-electron chi connectivity index (χ3n) is 5.71. The minimum absolute atomic E-state index is 0.0282. The second kappa shape index (κ2) is 7.76. The van der Waals surface area contributed by atoms with Gasteiger partial charge < -0.3 is 10.2 Å². The van der Waals surface area contributed by atoms with Crippen LogP contribution in [-0.4, -0.2) is 21.9 Å². The van der Waals surface area contributed by atoms with E-state index in [4.69, 9.17) is 0 Å². The number of benzene rings is 3. The van der Waals surface area contributed by atoms with E-state index < -0.39 is 17.7 Å². The molecule has 1 fully saturated rings. The number of aliphatic hydroxyl groups is 1. The normalized spacial score (nSPS) is 17.9. The molecule has 0 radical (unpaired) electrons. The first kappa shape index (κ1) is 20.4. The van der Waals surface area contributed by atoms with Gasteiger partial charge in [0.05, 0.1) is 11.6 Å². The van der Waals surface area contributed by atoms with E-state index in [1.165, 1.54) is 17.0 Å². The number of hydrogen-bond donors (Lipinski definition) is 2. The summed E-state index contributed by atoms with van der Waals surface area (Å²) < 4.78 is 0. The molecule has 4 rings (SSSR count). The summed E-state index contributed by atoms with van der Waals surface area (Å²) in [5, 5.41) is 20.9. The van der Waals surface area contributed by atoms with Crippen molar-refractivity contribution in [3.8, 4) is 5.75 Å². The van der Waals surface area contributed by atoms with Gasteiger partial charge in [-0.15, -0.1) is 0 Å². The molecule has 0 bridgehead atoms. The molecule has 156 valence electrons. The van der Waals surface area contributed by atoms with E-state index in [0.29, 0.717) is 16.8 Å². The maximum absolute atomic E-state index is 13.1. The minimum Gasteiger partial charge on any atom is -0.508 e. The number of rotatable bonds is 3. The van der Waals surface area contributed by atoms with E-state index in [0.717, 1.165) is 16.7 Å². The molecule has 0 spiro atoms. The standard InChI is InChI=1S/C26H23NO4/c1-15-5-4-6-20(13-15)27-23(18-9-11-21(28)12-10-18)22(25(30)26(27)31)24(29)19-8-7-16(2)17(3)14-19/h4-14,23,28-29H,1-3H3/b24-22-. The van der Waals surface area contributed by atoms with Crippen molar-refractivity contribution in [2.45, 2.75) is 26.8 Å². The number of carbonyl (C=O) groups excluding carboxylic acids is 2. The summed E-state index contributed by atoms with van der Waals surface area (Å²) in [5.41, 5.74) is 4.67. The van der Waals surface area contributed by atoms with E-state index in [-0.39, 0.29) is 17.1 Å². The molecule has 5 nitrogen and oxygen atoms in total. The van der Waals surface area contributed by atoms with Gasteiger partial charge in [0, 0.05) is 11.3 Å². The number of phenolic OH excluding ortho intramolecular Hbond substituents is 1. The predicted octanol–water partition coefficient (Wildman–Crippen LogP) is 4.94. The van der Waals surface area contributed by atoms with E-state index in [9.17, 15) is 19.8 Å². The van der Waals surface area contributed by atoms with E-state index in [1.807, 2.05) is 45.0 Å². The third-order valence-corrected chi connectivity index (χ3v) is 5.71. The highest BCUT2D eigenvalue weighted by atomic mass is 16.3. The molecule has 1 heterocycles. The summed E-state index contributed by atoms with van der Waals surface area (Å²) in [6.07, 6.45) is 0. The van der Waals surface area contributed by atoms with Crippen LogP contribution in [0.4, 0.5) is 5.69 Å². The number of aryl methyl sites for hydroxylation is 3. The van der Waals surface area contributed by atoms with Crippen LogP contribution in [0.2, 0.25) is 0 Å². The Morgan fingerprint density at radius 2 is 1.58 bits per heavy atom. The van der Waals surface area contributed by atoms with Gasteiger partial charge in [-0.2, -0.15) is 0 Å². The quantitative estimate of drug-likeness (QED) is 0.362. The lowest BCUT2D eigenvalue weighted by Gasteiger charge is -2.25. The van der Waals surface area contributed by atoms with Crippen molar-refractivity contribution in [2.75, 3.05) is 4.90 Å². The summed E-state index contributed by atoms with van der Waals surface area (Å²) in [7, 11) is 0. The molecule has 0 aliphatic carbocycles. The zero-order chi connectivity index (χ0) is 22.3. The van der Waals surface area contributed by atoms with Crippen LogP contribution in [0, 0.1) is 20.8 Å². The van der Waals surface area contributed by atoms with Crippen molar-refractivity contribution in [3.63, 3.8) is 0 Å². The fourth-order valence-corrected chi connectivity index (χ4v) is 3.89. The Kier molecular flexibility index (Phi) is 5.11. The zero-order valence-corrected chi connectivity index (χ0v) is 17.6. The SMILES string of the molecule is Cc1cccc(N2C(=O)C(=O)/C(=C(\O)c3ccc(C)c(C)c3)C2c2ccc(O)cc2)c1. The predicted molar refractivity (Wildman–Crippen MR) is 120 cm³/mol. The molecule has 1 amide bonds. The molecule has 1 aliphatic heterocycles. The highest BCUT2D eigenvalue weighted by molar-refractivity contribution is 6.51. The largest absolute Gasteiger partial charge is 0.508 e. The summed E-state index contributed by atoms with van der Waals surface area (Å²) in [6, 6.07) is 18.2. The number of hydrogen-bond acceptors (Lipinski definition) is 4. The molecule has 1 unspecified atom stereocenters. The van der Waals surface area contributed by atoms with Gasteiger partial charge in [-0.25, -0.2) is 0 Å². The second-order valence-corrected chi connectivity index (χ2v) is 7.90. The molecule has 2 N–H and O–H groups in total. The molecular formula is C26H23NO4. The van der Waals surface area contributed by atoms with E-state index in [1.54, 1.807) is 30.3 Å². The van der Waals surface area contributed by atoms with Crippen molar-refractivity contribution in [2.24, 2.45) is 0 Å². The summed E-state index contributed by atoms with van der Waals surface area (Å²) in [6.45, 7) is 5.80. The van der Waals surface area contributed by atoms with Gasteiger partial charge >= 0.3 is 0 Å². The van der Waals surface area contributed by atoms with Gasteiger partial charge in [-0.1, -0.05) is 36.4 Å². The first-order valence-electron chi connectivity index (χ1n) is 10.0. The van der Waals surface area contributed by atoms with Crippen LogP contribution in [0.25, 0.3) is 5.76 Å². The Morgan fingerprint density at radius 3 is 2.23 bits per heavy atom. The number of aliphatic hydroxyl groups excluding tert-OH is 1. The topological polar surface area (TPSA) is 77.8 Å². The maximum Gasteiger partial charge on any atom is 0.300 e.